The normalized spacial score (nSPS) is 19.5. The van der Waals surface area contributed by atoms with E-state index in [0.717, 1.165) is 18.5 Å². The number of fused-ring (bicyclic) bond motifs is 1. The van der Waals surface area contributed by atoms with E-state index in [-0.39, 0.29) is 29.4 Å². The van der Waals surface area contributed by atoms with Crippen LogP contribution in [0.15, 0.2) is 36.4 Å². The minimum atomic E-state index is -3.11. The van der Waals surface area contributed by atoms with Crippen molar-refractivity contribution >= 4 is 32.7 Å². The van der Waals surface area contributed by atoms with Gasteiger partial charge in [-0.1, -0.05) is 30.3 Å². The maximum absolute atomic E-state index is 13.3. The Labute approximate surface area is 204 Å². The van der Waals surface area contributed by atoms with Gasteiger partial charge in [0, 0.05) is 31.6 Å². The predicted octanol–water partition coefficient (Wildman–Crippen LogP) is 2.51. The molecule has 35 heavy (non-hydrogen) atoms. The topological polar surface area (TPSA) is 114 Å². The molecule has 9 nitrogen and oxygen atoms in total. The maximum atomic E-state index is 13.3. The van der Waals surface area contributed by atoms with E-state index in [2.05, 4.69) is 10.4 Å². The number of pyridine rings is 1. The second kappa shape index (κ2) is 9.41. The molecule has 3 aromatic rings. The average molecular weight is 496 g/mol. The van der Waals surface area contributed by atoms with Crippen LogP contribution in [-0.2, 0) is 14.6 Å². The minimum absolute atomic E-state index is 0.0250. The lowest BCUT2D eigenvalue weighted by Crippen LogP contribution is -2.30. The highest BCUT2D eigenvalue weighted by molar-refractivity contribution is 7.91. The van der Waals surface area contributed by atoms with Crippen LogP contribution in [-0.4, -0.2) is 71.0 Å². The third-order valence-corrected chi connectivity index (χ3v) is 8.52. The Morgan fingerprint density at radius 2 is 2.03 bits per heavy atom. The molecule has 1 unspecified atom stereocenters. The van der Waals surface area contributed by atoms with E-state index in [4.69, 9.17) is 4.98 Å². The number of amides is 2. The van der Waals surface area contributed by atoms with E-state index in [9.17, 15) is 18.0 Å². The second-order valence-electron chi connectivity index (χ2n) is 9.30. The van der Waals surface area contributed by atoms with Crippen LogP contribution < -0.4 is 5.32 Å². The summed E-state index contributed by atoms with van der Waals surface area (Å²) in [7, 11) is -3.11. The van der Waals surface area contributed by atoms with Crippen molar-refractivity contribution in [3.05, 3.63) is 47.7 Å². The molecule has 1 aromatic carbocycles. The van der Waals surface area contributed by atoms with Crippen molar-refractivity contribution in [2.75, 3.05) is 31.1 Å². The van der Waals surface area contributed by atoms with Gasteiger partial charge >= 0.3 is 0 Å². The Hall–Kier alpha value is -3.27. The zero-order valence-corrected chi connectivity index (χ0v) is 20.6. The van der Waals surface area contributed by atoms with E-state index < -0.39 is 9.84 Å². The largest absolute Gasteiger partial charge is 0.352 e. The van der Waals surface area contributed by atoms with Crippen molar-refractivity contribution in [2.45, 2.75) is 38.6 Å². The number of aryl methyl sites for hydroxylation is 1. The van der Waals surface area contributed by atoms with Crippen LogP contribution in [0.1, 0.15) is 47.8 Å². The van der Waals surface area contributed by atoms with Crippen LogP contribution in [0.5, 0.6) is 0 Å². The highest BCUT2D eigenvalue weighted by Crippen LogP contribution is 2.32. The van der Waals surface area contributed by atoms with Gasteiger partial charge in [-0.2, -0.15) is 5.10 Å². The number of hydrogen-bond acceptors (Lipinski definition) is 6. The maximum Gasteiger partial charge on any atom is 0.252 e. The van der Waals surface area contributed by atoms with Crippen molar-refractivity contribution in [3.8, 4) is 11.3 Å². The van der Waals surface area contributed by atoms with Crippen molar-refractivity contribution in [2.24, 2.45) is 0 Å². The molecule has 2 amide bonds. The summed E-state index contributed by atoms with van der Waals surface area (Å²) in [4.78, 5) is 31.8. The molecule has 10 heteroatoms. The number of carbonyl (C=O) groups excluding carboxylic acids is 2. The summed E-state index contributed by atoms with van der Waals surface area (Å²) in [6.07, 6.45) is 2.66. The van der Waals surface area contributed by atoms with E-state index in [1.165, 1.54) is 0 Å². The molecule has 4 heterocycles. The minimum Gasteiger partial charge on any atom is -0.352 e. The lowest BCUT2D eigenvalue weighted by molar-refractivity contribution is -0.127. The van der Waals surface area contributed by atoms with Crippen molar-refractivity contribution in [1.82, 2.24) is 25.0 Å². The van der Waals surface area contributed by atoms with Crippen molar-refractivity contribution in [1.29, 1.82) is 0 Å². The number of nitrogens with zero attached hydrogens (tertiary/aromatic N) is 4. The number of aromatic nitrogens is 3. The molecule has 2 saturated heterocycles. The smallest absolute Gasteiger partial charge is 0.252 e. The lowest BCUT2D eigenvalue weighted by Gasteiger charge is -2.15. The third kappa shape index (κ3) is 4.80. The van der Waals surface area contributed by atoms with Gasteiger partial charge in [-0.05, 0) is 32.3 Å². The fraction of sp³-hybridized carbons (Fsp3) is 0.440. The van der Waals surface area contributed by atoms with E-state index in [1.54, 1.807) is 10.7 Å². The summed E-state index contributed by atoms with van der Waals surface area (Å²) in [6.45, 7) is 3.68. The van der Waals surface area contributed by atoms with Gasteiger partial charge in [0.05, 0.1) is 39.9 Å². The highest BCUT2D eigenvalue weighted by Gasteiger charge is 2.32. The number of rotatable bonds is 7. The summed E-state index contributed by atoms with van der Waals surface area (Å²) < 4.78 is 26.0. The standard InChI is InChI=1S/C25H29N5O4S/c1-17-23-20(25(32)26-11-6-13-29-12-5-9-22(29)31)15-21(18-7-3-2-4-8-18)27-24(23)30(28-17)19-10-14-35(33,34)16-19/h2-4,7-8,15,19H,5-6,9-14,16H2,1H3,(H,26,32). The molecular formula is C25H29N5O4S. The van der Waals surface area contributed by atoms with Gasteiger partial charge < -0.3 is 10.2 Å². The summed E-state index contributed by atoms with van der Waals surface area (Å²) >= 11 is 0. The summed E-state index contributed by atoms with van der Waals surface area (Å²) in [6, 6.07) is 11.1. The fourth-order valence-electron chi connectivity index (χ4n) is 4.98. The van der Waals surface area contributed by atoms with Crippen LogP contribution in [0, 0.1) is 6.92 Å². The first-order chi connectivity index (χ1) is 16.8. The SMILES string of the molecule is Cc1nn(C2CCS(=O)(=O)C2)c2nc(-c3ccccc3)cc(C(=O)NCCCN3CCCC3=O)c12. The quantitative estimate of drug-likeness (QED) is 0.504. The molecule has 0 radical (unpaired) electrons. The molecule has 2 aliphatic heterocycles. The van der Waals surface area contributed by atoms with Gasteiger partial charge in [-0.15, -0.1) is 0 Å². The van der Waals surface area contributed by atoms with Gasteiger partial charge in [0.1, 0.15) is 0 Å². The van der Waals surface area contributed by atoms with Crippen LogP contribution in [0.2, 0.25) is 0 Å². The van der Waals surface area contributed by atoms with Crippen LogP contribution >= 0.6 is 0 Å². The van der Waals surface area contributed by atoms with Crippen LogP contribution in [0.25, 0.3) is 22.3 Å². The predicted molar refractivity (Wildman–Crippen MR) is 133 cm³/mol. The fourth-order valence-corrected chi connectivity index (χ4v) is 6.67. The molecule has 2 aliphatic rings. The van der Waals surface area contributed by atoms with Crippen molar-refractivity contribution < 1.29 is 18.0 Å². The van der Waals surface area contributed by atoms with Gasteiger partial charge in [0.2, 0.25) is 5.91 Å². The Kier molecular flexibility index (Phi) is 6.31. The number of benzene rings is 1. The van der Waals surface area contributed by atoms with Crippen LogP contribution in [0.4, 0.5) is 0 Å². The Morgan fingerprint density at radius 1 is 1.23 bits per heavy atom. The molecular weight excluding hydrogens is 466 g/mol. The molecule has 0 saturated carbocycles. The molecule has 0 aliphatic carbocycles. The Balaban J connectivity index is 1.47. The summed E-state index contributed by atoms with van der Waals surface area (Å²) in [5.74, 6) is 0.0984. The third-order valence-electron chi connectivity index (χ3n) is 6.77. The van der Waals surface area contributed by atoms with Gasteiger partial charge in [0.25, 0.3) is 5.91 Å². The van der Waals surface area contributed by atoms with Gasteiger partial charge in [0.15, 0.2) is 15.5 Å². The van der Waals surface area contributed by atoms with E-state index in [0.29, 0.717) is 60.3 Å². The molecule has 0 bridgehead atoms. The van der Waals surface area contributed by atoms with Crippen LogP contribution in [0.3, 0.4) is 0 Å². The summed E-state index contributed by atoms with van der Waals surface area (Å²) in [5, 5.41) is 8.27. The Bertz CT molecular complexity index is 1380. The molecule has 2 aromatic heterocycles. The summed E-state index contributed by atoms with van der Waals surface area (Å²) in [5.41, 5.74) is 3.13. The Morgan fingerprint density at radius 3 is 2.71 bits per heavy atom. The number of nitrogens with one attached hydrogen (secondary N) is 1. The zero-order chi connectivity index (χ0) is 24.6. The first-order valence-corrected chi connectivity index (χ1v) is 13.9. The zero-order valence-electron chi connectivity index (χ0n) is 19.7. The molecule has 1 N–H and O–H groups in total. The highest BCUT2D eigenvalue weighted by atomic mass is 32.2. The molecule has 0 spiro atoms. The van der Waals surface area contributed by atoms with Gasteiger partial charge in [-0.25, -0.2) is 18.1 Å². The first-order valence-electron chi connectivity index (χ1n) is 12.0. The van der Waals surface area contributed by atoms with Gasteiger partial charge in [-0.3, -0.25) is 9.59 Å². The van der Waals surface area contributed by atoms with Crippen molar-refractivity contribution in [3.63, 3.8) is 0 Å². The van der Waals surface area contributed by atoms with E-state index in [1.807, 2.05) is 42.2 Å². The average Bonchev–Trinajstić information content (AvgIpc) is 3.53. The number of likely N-dealkylation sites (tertiary alicyclic amines) is 1. The number of carbonyl (C=O) groups is 2. The molecule has 184 valence electrons. The monoisotopic (exact) mass is 495 g/mol. The lowest BCUT2D eigenvalue weighted by atomic mass is 10.0. The number of sulfone groups is 1. The second-order valence-corrected chi connectivity index (χ2v) is 11.5. The number of hydrogen-bond donors (Lipinski definition) is 1. The molecule has 2 fully saturated rings. The molecule has 1 atom stereocenters. The van der Waals surface area contributed by atoms with E-state index >= 15 is 0 Å². The first kappa shape index (κ1) is 23.5. The molecule has 5 rings (SSSR count).